The van der Waals surface area contributed by atoms with Gasteiger partial charge >= 0.3 is 0 Å². The molecule has 0 spiro atoms. The predicted octanol–water partition coefficient (Wildman–Crippen LogP) is 2.69. The van der Waals surface area contributed by atoms with Crippen LogP contribution in [-0.2, 0) is 11.3 Å². The lowest BCUT2D eigenvalue weighted by Gasteiger charge is -2.34. The molecule has 1 aromatic carbocycles. The van der Waals surface area contributed by atoms with Gasteiger partial charge in [-0.2, -0.15) is 0 Å². The smallest absolute Gasteiger partial charge is 0.0645 e. The van der Waals surface area contributed by atoms with Gasteiger partial charge in [-0.15, -0.1) is 0 Å². The molecule has 3 N–H and O–H groups in total. The summed E-state index contributed by atoms with van der Waals surface area (Å²) >= 11 is 3.55. The van der Waals surface area contributed by atoms with Gasteiger partial charge in [0.25, 0.3) is 0 Å². The Kier molecular flexibility index (Phi) is 4.07. The molecule has 1 fully saturated rings. The molecule has 3 nitrogen and oxygen atoms in total. The predicted molar refractivity (Wildman–Crippen MR) is 73.9 cm³/mol. The van der Waals surface area contributed by atoms with Gasteiger partial charge in [-0.25, -0.2) is 0 Å². The lowest BCUT2D eigenvalue weighted by molar-refractivity contribution is 0.0277. The maximum atomic E-state index is 5.80. The summed E-state index contributed by atoms with van der Waals surface area (Å²) in [7, 11) is 0. The van der Waals surface area contributed by atoms with Crippen molar-refractivity contribution in [3.05, 3.63) is 28.2 Å². The molecule has 0 amide bonds. The number of halogens is 1. The molecule has 1 aliphatic heterocycles. The Bertz CT molecular complexity index is 389. The van der Waals surface area contributed by atoms with Gasteiger partial charge < -0.3 is 15.8 Å². The lowest BCUT2D eigenvalue weighted by atomic mass is 9.94. The first-order valence-corrected chi connectivity index (χ1v) is 6.75. The molecule has 1 unspecified atom stereocenters. The van der Waals surface area contributed by atoms with E-state index in [9.17, 15) is 0 Å². The lowest BCUT2D eigenvalue weighted by Crippen LogP contribution is -2.48. The number of nitrogens with two attached hydrogens (primary N) is 1. The third-order valence-corrected chi connectivity index (χ3v) is 3.99. The Hall–Kier alpha value is -0.580. The van der Waals surface area contributed by atoms with Crippen LogP contribution in [0.15, 0.2) is 22.7 Å². The summed E-state index contributed by atoms with van der Waals surface area (Å²) in [6.45, 7) is 4.70. The average Bonchev–Trinajstić information content (AvgIpc) is 2.31. The van der Waals surface area contributed by atoms with Crippen molar-refractivity contribution < 1.29 is 4.74 Å². The second-order valence-electron chi connectivity index (χ2n) is 4.92. The van der Waals surface area contributed by atoms with Gasteiger partial charge in [0, 0.05) is 28.9 Å². The quantitative estimate of drug-likeness (QED) is 0.844. The van der Waals surface area contributed by atoms with E-state index in [1.807, 2.05) is 18.2 Å². The van der Waals surface area contributed by atoms with Crippen molar-refractivity contribution in [2.45, 2.75) is 31.8 Å². The van der Waals surface area contributed by atoms with Crippen LogP contribution in [0.1, 0.15) is 25.3 Å². The van der Waals surface area contributed by atoms with Gasteiger partial charge in [0.1, 0.15) is 0 Å². The molecule has 1 aromatic rings. The summed E-state index contributed by atoms with van der Waals surface area (Å²) in [4.78, 5) is 0. The van der Waals surface area contributed by atoms with Crippen LogP contribution in [0, 0.1) is 0 Å². The zero-order valence-corrected chi connectivity index (χ0v) is 11.7. The van der Waals surface area contributed by atoms with Gasteiger partial charge in [-0.1, -0.05) is 15.9 Å². The van der Waals surface area contributed by atoms with Gasteiger partial charge in [0.05, 0.1) is 6.61 Å². The number of benzene rings is 1. The molecule has 1 aliphatic rings. The molecular weight excluding hydrogens is 280 g/mol. The first-order valence-electron chi connectivity index (χ1n) is 5.96. The van der Waals surface area contributed by atoms with Crippen LogP contribution in [0.25, 0.3) is 0 Å². The minimum atomic E-state index is 0.0856. The van der Waals surface area contributed by atoms with E-state index in [1.165, 1.54) is 5.56 Å². The molecule has 1 atom stereocenters. The number of anilines is 1. The first kappa shape index (κ1) is 12.9. The van der Waals surface area contributed by atoms with Crippen molar-refractivity contribution in [1.29, 1.82) is 0 Å². The van der Waals surface area contributed by atoms with Crippen molar-refractivity contribution in [3.8, 4) is 0 Å². The molecule has 0 aliphatic carbocycles. The normalized spacial score (nSPS) is 24.8. The number of hydrogen-bond acceptors (Lipinski definition) is 3. The summed E-state index contributed by atoms with van der Waals surface area (Å²) in [6.07, 6.45) is 2.29. The summed E-state index contributed by atoms with van der Waals surface area (Å²) in [5.74, 6) is 0. The topological polar surface area (TPSA) is 47.3 Å². The summed E-state index contributed by atoms with van der Waals surface area (Å²) in [6, 6.07) is 5.90. The summed E-state index contributed by atoms with van der Waals surface area (Å²) < 4.78 is 6.63. The van der Waals surface area contributed by atoms with Crippen LogP contribution in [0.5, 0.6) is 0 Å². The van der Waals surface area contributed by atoms with E-state index in [2.05, 4.69) is 28.2 Å². The van der Waals surface area contributed by atoms with Crippen LogP contribution < -0.4 is 11.1 Å². The molecule has 0 radical (unpaired) electrons. The van der Waals surface area contributed by atoms with E-state index in [0.717, 1.165) is 42.8 Å². The Morgan fingerprint density at radius 1 is 1.53 bits per heavy atom. The second kappa shape index (κ2) is 5.38. The van der Waals surface area contributed by atoms with Crippen LogP contribution in [-0.4, -0.2) is 18.8 Å². The van der Waals surface area contributed by atoms with Gasteiger partial charge in [-0.3, -0.25) is 0 Å². The van der Waals surface area contributed by atoms with E-state index in [-0.39, 0.29) is 5.54 Å². The van der Waals surface area contributed by atoms with Crippen LogP contribution in [0.4, 0.5) is 5.69 Å². The van der Waals surface area contributed by atoms with Crippen molar-refractivity contribution in [3.63, 3.8) is 0 Å². The second-order valence-corrected chi connectivity index (χ2v) is 5.78. The largest absolute Gasteiger partial charge is 0.399 e. The molecule has 0 saturated carbocycles. The number of nitrogen functional groups attached to an aromatic ring is 1. The monoisotopic (exact) mass is 298 g/mol. The molecule has 1 saturated heterocycles. The number of nitrogens with one attached hydrogen (secondary N) is 1. The van der Waals surface area contributed by atoms with Gasteiger partial charge in [0.15, 0.2) is 0 Å². The maximum Gasteiger partial charge on any atom is 0.0645 e. The number of rotatable bonds is 3. The minimum Gasteiger partial charge on any atom is -0.399 e. The standard InChI is InChI=1S/C13H19BrN2O/c1-13(5-2-6-17-9-13)16-8-10-7-11(15)3-4-12(10)14/h3-4,7,16H,2,5-6,8-9,15H2,1H3. The minimum absolute atomic E-state index is 0.0856. The van der Waals surface area contributed by atoms with Crippen molar-refractivity contribution in [2.75, 3.05) is 18.9 Å². The first-order chi connectivity index (χ1) is 8.09. The highest BCUT2D eigenvalue weighted by atomic mass is 79.9. The van der Waals surface area contributed by atoms with Crippen molar-refractivity contribution >= 4 is 21.6 Å². The van der Waals surface area contributed by atoms with Crippen molar-refractivity contribution in [1.82, 2.24) is 5.32 Å². The fourth-order valence-corrected chi connectivity index (χ4v) is 2.50. The highest BCUT2D eigenvalue weighted by molar-refractivity contribution is 9.10. The molecule has 4 heteroatoms. The number of ether oxygens (including phenoxy) is 1. The Labute approximate surface area is 111 Å². The Balaban J connectivity index is 1.99. The summed E-state index contributed by atoms with van der Waals surface area (Å²) in [5.41, 5.74) is 7.87. The highest BCUT2D eigenvalue weighted by Gasteiger charge is 2.26. The SMILES string of the molecule is CC1(NCc2cc(N)ccc2Br)CCCOC1. The molecular formula is C13H19BrN2O. The van der Waals surface area contributed by atoms with E-state index in [1.54, 1.807) is 0 Å². The molecule has 94 valence electrons. The van der Waals surface area contributed by atoms with Gasteiger partial charge in [-0.05, 0) is 43.5 Å². The molecule has 17 heavy (non-hydrogen) atoms. The third kappa shape index (κ3) is 3.44. The van der Waals surface area contributed by atoms with Crippen molar-refractivity contribution in [2.24, 2.45) is 0 Å². The zero-order valence-electron chi connectivity index (χ0n) is 10.1. The van der Waals surface area contributed by atoms with E-state index >= 15 is 0 Å². The van der Waals surface area contributed by atoms with Gasteiger partial charge in [0.2, 0.25) is 0 Å². The molecule has 1 heterocycles. The maximum absolute atomic E-state index is 5.80. The fourth-order valence-electron chi connectivity index (χ4n) is 2.11. The van der Waals surface area contributed by atoms with Crippen LogP contribution >= 0.6 is 15.9 Å². The third-order valence-electron chi connectivity index (χ3n) is 3.21. The Morgan fingerprint density at radius 3 is 3.06 bits per heavy atom. The molecule has 0 bridgehead atoms. The molecule has 0 aromatic heterocycles. The van der Waals surface area contributed by atoms with E-state index in [4.69, 9.17) is 10.5 Å². The number of hydrogen-bond donors (Lipinski definition) is 2. The molecule has 2 rings (SSSR count). The van der Waals surface area contributed by atoms with Crippen LogP contribution in [0.2, 0.25) is 0 Å². The summed E-state index contributed by atoms with van der Waals surface area (Å²) in [5, 5.41) is 3.57. The Morgan fingerprint density at radius 2 is 2.35 bits per heavy atom. The fraction of sp³-hybridized carbons (Fsp3) is 0.538. The zero-order chi connectivity index (χ0) is 12.3. The van der Waals surface area contributed by atoms with E-state index < -0.39 is 0 Å². The van der Waals surface area contributed by atoms with E-state index in [0.29, 0.717) is 0 Å². The average molecular weight is 299 g/mol. The highest BCUT2D eigenvalue weighted by Crippen LogP contribution is 2.22. The van der Waals surface area contributed by atoms with Crippen LogP contribution in [0.3, 0.4) is 0 Å².